The van der Waals surface area contributed by atoms with Crippen LogP contribution >= 0.6 is 0 Å². The van der Waals surface area contributed by atoms with Gasteiger partial charge >= 0.3 is 6.18 Å². The summed E-state index contributed by atoms with van der Waals surface area (Å²) in [7, 11) is 0. The van der Waals surface area contributed by atoms with E-state index in [0.717, 1.165) is 49.7 Å². The predicted octanol–water partition coefficient (Wildman–Crippen LogP) is 4.18. The van der Waals surface area contributed by atoms with E-state index in [1.807, 2.05) is 17.4 Å². The Morgan fingerprint density at radius 2 is 2.03 bits per heavy atom. The van der Waals surface area contributed by atoms with Gasteiger partial charge in [0.1, 0.15) is 12.3 Å². The van der Waals surface area contributed by atoms with Gasteiger partial charge in [-0.3, -0.25) is 4.79 Å². The summed E-state index contributed by atoms with van der Waals surface area (Å²) in [5, 5.41) is 22.9. The second-order valence-corrected chi connectivity index (χ2v) is 9.60. The van der Waals surface area contributed by atoms with Gasteiger partial charge in [-0.2, -0.15) is 13.2 Å². The van der Waals surface area contributed by atoms with Crippen molar-refractivity contribution in [2.24, 2.45) is 17.8 Å². The monoisotopic (exact) mass is 471 g/mol. The van der Waals surface area contributed by atoms with Crippen LogP contribution in [0.1, 0.15) is 63.0 Å². The Kier molecular flexibility index (Phi) is 9.04. The number of rotatable bonds is 11. The quantitative estimate of drug-likeness (QED) is 0.423. The Morgan fingerprint density at radius 1 is 1.24 bits per heavy atom. The topological polar surface area (TPSA) is 78.8 Å². The molecule has 1 aromatic rings. The number of amides is 1. The van der Waals surface area contributed by atoms with E-state index in [-0.39, 0.29) is 12.0 Å². The van der Waals surface area contributed by atoms with E-state index in [9.17, 15) is 28.2 Å². The van der Waals surface area contributed by atoms with Gasteiger partial charge < -0.3 is 20.3 Å². The second-order valence-electron chi connectivity index (χ2n) is 9.60. The van der Waals surface area contributed by atoms with E-state index in [1.165, 1.54) is 0 Å². The van der Waals surface area contributed by atoms with Crippen LogP contribution in [0.15, 0.2) is 18.2 Å². The lowest BCUT2D eigenvalue weighted by Gasteiger charge is -2.32. The standard InChI is InChI=1S/C25H36F3NO4/c1-2-3-4-7-18(30)9-10-19-20-11-16-6-5-8-23(21(16)12-17(20)13-22(19)31)33-14-24(32)29-15-25(26,27)28/h5-6,8,17-20,22,30-31H,2-4,7,9-15H2,1H3,(H,29,32)/t17-,18-,19+,20-,22+/m0/s1. The first kappa shape index (κ1) is 25.8. The summed E-state index contributed by atoms with van der Waals surface area (Å²) in [5.41, 5.74) is 2.09. The van der Waals surface area contributed by atoms with Gasteiger partial charge in [-0.25, -0.2) is 0 Å². The summed E-state index contributed by atoms with van der Waals surface area (Å²) in [5.74, 6) is 0.491. The molecule has 0 radical (unpaired) electrons. The zero-order valence-electron chi connectivity index (χ0n) is 19.2. The molecule has 186 valence electrons. The van der Waals surface area contributed by atoms with Crippen LogP contribution in [0.4, 0.5) is 13.2 Å². The van der Waals surface area contributed by atoms with Gasteiger partial charge in [-0.15, -0.1) is 0 Å². The van der Waals surface area contributed by atoms with Crippen molar-refractivity contribution in [3.63, 3.8) is 0 Å². The molecule has 0 unspecified atom stereocenters. The first-order valence-electron chi connectivity index (χ1n) is 12.1. The van der Waals surface area contributed by atoms with Crippen LogP contribution in [0, 0.1) is 17.8 Å². The van der Waals surface area contributed by atoms with Crippen LogP contribution in [0.3, 0.4) is 0 Å². The number of carbonyl (C=O) groups is 1. The number of alkyl halides is 3. The fourth-order valence-corrected chi connectivity index (χ4v) is 5.49. The van der Waals surface area contributed by atoms with Crippen LogP contribution in [0.2, 0.25) is 0 Å². The molecular weight excluding hydrogens is 435 g/mol. The van der Waals surface area contributed by atoms with Gasteiger partial charge in [0.05, 0.1) is 12.2 Å². The molecule has 1 amide bonds. The number of fused-ring (bicyclic) bond motifs is 2. The van der Waals surface area contributed by atoms with Crippen molar-refractivity contribution in [3.8, 4) is 5.75 Å². The third-order valence-electron chi connectivity index (χ3n) is 7.16. The van der Waals surface area contributed by atoms with Crippen LogP contribution < -0.4 is 10.1 Å². The third kappa shape index (κ3) is 7.34. The fraction of sp³-hybridized carbons (Fsp3) is 0.720. The SMILES string of the molecule is CCCCC[C@H](O)CC[C@@H]1[C@H]2Cc3cccc(OCC(=O)NCC(F)(F)F)c3C[C@H]2C[C@H]1O. The maximum Gasteiger partial charge on any atom is 0.405 e. The molecular formula is C25H36F3NO4. The zero-order chi connectivity index (χ0) is 24.0. The van der Waals surface area contributed by atoms with Gasteiger partial charge in [0.25, 0.3) is 5.91 Å². The first-order valence-corrected chi connectivity index (χ1v) is 12.1. The van der Waals surface area contributed by atoms with Crippen LogP contribution in [0.25, 0.3) is 0 Å². The second kappa shape index (κ2) is 11.6. The van der Waals surface area contributed by atoms with Crippen molar-refractivity contribution in [1.29, 1.82) is 0 Å². The molecule has 1 saturated carbocycles. The van der Waals surface area contributed by atoms with Crippen LogP contribution in [-0.2, 0) is 17.6 Å². The van der Waals surface area contributed by atoms with Crippen molar-refractivity contribution in [2.75, 3.05) is 13.2 Å². The highest BCUT2D eigenvalue weighted by Gasteiger charge is 2.44. The van der Waals surface area contributed by atoms with Gasteiger partial charge in [0.15, 0.2) is 6.61 Å². The highest BCUT2D eigenvalue weighted by atomic mass is 19.4. The van der Waals surface area contributed by atoms with Crippen LogP contribution in [0.5, 0.6) is 5.75 Å². The highest BCUT2D eigenvalue weighted by Crippen LogP contribution is 2.48. The lowest BCUT2D eigenvalue weighted by atomic mass is 9.73. The van der Waals surface area contributed by atoms with E-state index < -0.39 is 31.3 Å². The largest absolute Gasteiger partial charge is 0.483 e. The number of ether oxygens (including phenoxy) is 1. The molecule has 0 bridgehead atoms. The summed E-state index contributed by atoms with van der Waals surface area (Å²) in [6, 6.07) is 5.59. The first-order chi connectivity index (χ1) is 15.7. The third-order valence-corrected chi connectivity index (χ3v) is 7.16. The number of nitrogens with one attached hydrogen (secondary N) is 1. The molecule has 5 nitrogen and oxygen atoms in total. The summed E-state index contributed by atoms with van der Waals surface area (Å²) in [4.78, 5) is 11.7. The van der Waals surface area contributed by atoms with Gasteiger partial charge in [0, 0.05) is 0 Å². The Bertz CT molecular complexity index is 785. The lowest BCUT2D eigenvalue weighted by molar-refractivity contribution is -0.139. The van der Waals surface area contributed by atoms with Gasteiger partial charge in [-0.1, -0.05) is 38.3 Å². The predicted molar refractivity (Wildman–Crippen MR) is 119 cm³/mol. The number of hydrogen-bond donors (Lipinski definition) is 3. The maximum atomic E-state index is 12.3. The molecule has 1 aromatic carbocycles. The minimum absolute atomic E-state index is 0.154. The van der Waals surface area contributed by atoms with Gasteiger partial charge in [0.2, 0.25) is 0 Å². The zero-order valence-corrected chi connectivity index (χ0v) is 19.2. The number of aliphatic hydroxyl groups is 2. The highest BCUT2D eigenvalue weighted by molar-refractivity contribution is 5.77. The molecule has 0 heterocycles. The van der Waals surface area contributed by atoms with E-state index in [1.54, 1.807) is 6.07 Å². The summed E-state index contributed by atoms with van der Waals surface area (Å²) in [6.07, 6.45) is 2.64. The Labute approximate surface area is 193 Å². The van der Waals surface area contributed by atoms with Crippen molar-refractivity contribution in [1.82, 2.24) is 5.32 Å². The molecule has 2 aliphatic carbocycles. The number of unbranched alkanes of at least 4 members (excludes halogenated alkanes) is 2. The number of carbonyl (C=O) groups excluding carboxylic acids is 1. The summed E-state index contributed by atoms with van der Waals surface area (Å²) < 4.78 is 42.4. The average molecular weight is 472 g/mol. The molecule has 33 heavy (non-hydrogen) atoms. The molecule has 3 N–H and O–H groups in total. The molecule has 2 aliphatic rings. The minimum Gasteiger partial charge on any atom is -0.483 e. The number of hydrogen-bond acceptors (Lipinski definition) is 4. The van der Waals surface area contributed by atoms with E-state index in [0.29, 0.717) is 36.8 Å². The lowest BCUT2D eigenvalue weighted by Crippen LogP contribution is -2.36. The Balaban J connectivity index is 1.57. The smallest absolute Gasteiger partial charge is 0.405 e. The van der Waals surface area contributed by atoms with Gasteiger partial charge in [-0.05, 0) is 73.5 Å². The summed E-state index contributed by atoms with van der Waals surface area (Å²) in [6.45, 7) is 0.293. The summed E-state index contributed by atoms with van der Waals surface area (Å²) >= 11 is 0. The minimum atomic E-state index is -4.46. The fourth-order valence-electron chi connectivity index (χ4n) is 5.49. The molecule has 0 saturated heterocycles. The van der Waals surface area contributed by atoms with E-state index >= 15 is 0 Å². The molecule has 0 aliphatic heterocycles. The van der Waals surface area contributed by atoms with E-state index in [4.69, 9.17) is 4.74 Å². The molecule has 0 spiro atoms. The van der Waals surface area contributed by atoms with Crippen molar-refractivity contribution >= 4 is 5.91 Å². The average Bonchev–Trinajstić information content (AvgIpc) is 3.06. The maximum absolute atomic E-state index is 12.3. The molecule has 1 fully saturated rings. The van der Waals surface area contributed by atoms with Crippen LogP contribution in [-0.4, -0.2) is 47.7 Å². The Hall–Kier alpha value is -1.80. The van der Waals surface area contributed by atoms with E-state index in [2.05, 4.69) is 6.92 Å². The van der Waals surface area contributed by atoms with Crippen molar-refractivity contribution < 1.29 is 32.9 Å². The number of benzene rings is 1. The number of halogens is 3. The molecule has 8 heteroatoms. The normalized spacial score (nSPS) is 25.3. The van der Waals surface area contributed by atoms with Crippen molar-refractivity contribution in [2.45, 2.75) is 83.1 Å². The molecule has 3 rings (SSSR count). The van der Waals surface area contributed by atoms with Crippen molar-refractivity contribution in [3.05, 3.63) is 29.3 Å². The Morgan fingerprint density at radius 3 is 2.76 bits per heavy atom. The molecule has 5 atom stereocenters. The number of aliphatic hydroxyl groups excluding tert-OH is 2. The molecule has 0 aromatic heterocycles.